The summed E-state index contributed by atoms with van der Waals surface area (Å²) in [5, 5.41) is 10.8. The van der Waals surface area contributed by atoms with E-state index in [0.29, 0.717) is 0 Å². The van der Waals surface area contributed by atoms with Crippen LogP contribution in [0.4, 0.5) is 5.82 Å². The molecule has 1 fully saturated rings. The van der Waals surface area contributed by atoms with Gasteiger partial charge in [0.25, 0.3) is 0 Å². The molecule has 4 nitrogen and oxygen atoms in total. The highest BCUT2D eigenvalue weighted by Crippen LogP contribution is 2.23. The van der Waals surface area contributed by atoms with E-state index in [1.54, 1.807) is 6.20 Å². The summed E-state index contributed by atoms with van der Waals surface area (Å²) in [7, 11) is 0. The molecular formula is C10H15ClN4. The average Bonchev–Trinajstić information content (AvgIpc) is 2.28. The van der Waals surface area contributed by atoms with E-state index in [1.807, 2.05) is 0 Å². The van der Waals surface area contributed by atoms with Crippen LogP contribution in [-0.2, 0) is 0 Å². The molecular weight excluding hydrogens is 212 g/mol. The molecule has 0 spiro atoms. The van der Waals surface area contributed by atoms with Crippen molar-refractivity contribution < 1.29 is 0 Å². The van der Waals surface area contributed by atoms with Gasteiger partial charge in [-0.05, 0) is 30.4 Å². The maximum absolute atomic E-state index is 5.64. The number of aromatic nitrogens is 3. The Kier molecular flexibility index (Phi) is 3.72. The van der Waals surface area contributed by atoms with E-state index in [1.165, 1.54) is 32.1 Å². The number of nitrogens with one attached hydrogen (secondary N) is 1. The maximum Gasteiger partial charge on any atom is 0.244 e. The fourth-order valence-corrected chi connectivity index (χ4v) is 2.14. The SMILES string of the molecule is Clc1nncc(NCC2CCCCC2)n1. The first-order valence-electron chi connectivity index (χ1n) is 5.43. The van der Waals surface area contributed by atoms with E-state index in [2.05, 4.69) is 20.5 Å². The lowest BCUT2D eigenvalue weighted by Crippen LogP contribution is -2.17. The predicted octanol–water partition coefficient (Wildman–Crippen LogP) is 2.52. The highest BCUT2D eigenvalue weighted by atomic mass is 35.5. The van der Waals surface area contributed by atoms with Gasteiger partial charge >= 0.3 is 0 Å². The van der Waals surface area contributed by atoms with Crippen LogP contribution in [0.1, 0.15) is 32.1 Å². The number of nitrogens with zero attached hydrogens (tertiary/aromatic N) is 3. The molecule has 2 rings (SSSR count). The van der Waals surface area contributed by atoms with E-state index in [-0.39, 0.29) is 5.28 Å². The lowest BCUT2D eigenvalue weighted by molar-refractivity contribution is 0.373. The van der Waals surface area contributed by atoms with Gasteiger partial charge in [-0.15, -0.1) is 5.10 Å². The van der Waals surface area contributed by atoms with Gasteiger partial charge in [0.15, 0.2) is 0 Å². The molecule has 0 aromatic carbocycles. The van der Waals surface area contributed by atoms with Gasteiger partial charge in [0, 0.05) is 6.54 Å². The molecule has 0 bridgehead atoms. The van der Waals surface area contributed by atoms with Crippen molar-refractivity contribution in [1.29, 1.82) is 0 Å². The van der Waals surface area contributed by atoms with Gasteiger partial charge in [0.05, 0.1) is 6.20 Å². The van der Waals surface area contributed by atoms with Crippen LogP contribution in [0.5, 0.6) is 0 Å². The second-order valence-corrected chi connectivity index (χ2v) is 4.33. The maximum atomic E-state index is 5.64. The summed E-state index contributed by atoms with van der Waals surface area (Å²) in [6, 6.07) is 0. The minimum Gasteiger partial charge on any atom is -0.368 e. The fraction of sp³-hybridized carbons (Fsp3) is 0.700. The topological polar surface area (TPSA) is 50.7 Å². The predicted molar refractivity (Wildman–Crippen MR) is 59.9 cm³/mol. The first kappa shape index (κ1) is 10.6. The van der Waals surface area contributed by atoms with Gasteiger partial charge < -0.3 is 5.32 Å². The zero-order valence-electron chi connectivity index (χ0n) is 8.62. The van der Waals surface area contributed by atoms with Crippen LogP contribution in [0.25, 0.3) is 0 Å². The highest BCUT2D eigenvalue weighted by molar-refractivity contribution is 6.28. The van der Waals surface area contributed by atoms with Gasteiger partial charge in [-0.1, -0.05) is 19.3 Å². The molecule has 15 heavy (non-hydrogen) atoms. The second-order valence-electron chi connectivity index (χ2n) is 4.00. The molecule has 1 aromatic rings. The van der Waals surface area contributed by atoms with E-state index in [9.17, 15) is 0 Å². The Balaban J connectivity index is 1.81. The van der Waals surface area contributed by atoms with Gasteiger partial charge in [-0.3, -0.25) is 0 Å². The van der Waals surface area contributed by atoms with E-state index in [4.69, 9.17) is 11.6 Å². The summed E-state index contributed by atoms with van der Waals surface area (Å²) in [4.78, 5) is 4.04. The molecule has 82 valence electrons. The Morgan fingerprint density at radius 2 is 2.13 bits per heavy atom. The molecule has 5 heteroatoms. The molecule has 0 radical (unpaired) electrons. The van der Waals surface area contributed by atoms with Crippen LogP contribution < -0.4 is 5.32 Å². The second kappa shape index (κ2) is 5.26. The van der Waals surface area contributed by atoms with E-state index >= 15 is 0 Å². The lowest BCUT2D eigenvalue weighted by atomic mass is 9.89. The number of hydrogen-bond acceptors (Lipinski definition) is 4. The molecule has 0 atom stereocenters. The van der Waals surface area contributed by atoms with Crippen molar-refractivity contribution in [3.63, 3.8) is 0 Å². The quantitative estimate of drug-likeness (QED) is 0.861. The molecule has 0 saturated heterocycles. The van der Waals surface area contributed by atoms with E-state index in [0.717, 1.165) is 18.3 Å². The van der Waals surface area contributed by atoms with Crippen LogP contribution >= 0.6 is 11.6 Å². The molecule has 0 amide bonds. The van der Waals surface area contributed by atoms with Crippen LogP contribution in [0.15, 0.2) is 6.20 Å². The fourth-order valence-electron chi connectivity index (χ4n) is 2.01. The van der Waals surface area contributed by atoms with Gasteiger partial charge in [0.1, 0.15) is 5.82 Å². The molecule has 0 unspecified atom stereocenters. The molecule has 0 aliphatic heterocycles. The molecule has 1 heterocycles. The van der Waals surface area contributed by atoms with Crippen molar-refractivity contribution in [2.75, 3.05) is 11.9 Å². The highest BCUT2D eigenvalue weighted by Gasteiger charge is 2.13. The Hall–Kier alpha value is -0.900. The third-order valence-corrected chi connectivity index (χ3v) is 2.99. The monoisotopic (exact) mass is 226 g/mol. The van der Waals surface area contributed by atoms with Crippen molar-refractivity contribution in [3.05, 3.63) is 11.5 Å². The number of hydrogen-bond donors (Lipinski definition) is 1. The molecule has 1 aliphatic carbocycles. The zero-order valence-corrected chi connectivity index (χ0v) is 9.37. The van der Waals surface area contributed by atoms with Gasteiger partial charge in [-0.25, -0.2) is 0 Å². The van der Waals surface area contributed by atoms with Gasteiger partial charge in [0.2, 0.25) is 5.28 Å². The standard InChI is InChI=1S/C10H15ClN4/c11-10-14-9(7-13-15-10)12-6-8-4-2-1-3-5-8/h7-8H,1-6H2,(H,12,14,15). The smallest absolute Gasteiger partial charge is 0.244 e. The lowest BCUT2D eigenvalue weighted by Gasteiger charge is -2.21. The number of rotatable bonds is 3. The molecule has 1 saturated carbocycles. The van der Waals surface area contributed by atoms with Crippen LogP contribution in [-0.4, -0.2) is 21.7 Å². The van der Waals surface area contributed by atoms with Crippen molar-refractivity contribution >= 4 is 17.4 Å². The summed E-state index contributed by atoms with van der Waals surface area (Å²) in [5.41, 5.74) is 0. The Morgan fingerprint density at radius 1 is 1.33 bits per heavy atom. The summed E-state index contributed by atoms with van der Waals surface area (Å²) in [6.45, 7) is 0.967. The molecule has 1 aliphatic rings. The van der Waals surface area contributed by atoms with Crippen molar-refractivity contribution in [2.45, 2.75) is 32.1 Å². The summed E-state index contributed by atoms with van der Waals surface area (Å²) in [5.74, 6) is 1.49. The Morgan fingerprint density at radius 3 is 2.87 bits per heavy atom. The Bertz CT molecular complexity index is 312. The largest absolute Gasteiger partial charge is 0.368 e. The summed E-state index contributed by atoms with van der Waals surface area (Å²) >= 11 is 5.64. The zero-order chi connectivity index (χ0) is 10.5. The first-order chi connectivity index (χ1) is 7.34. The molecule has 1 N–H and O–H groups in total. The van der Waals surface area contributed by atoms with Crippen molar-refractivity contribution in [3.8, 4) is 0 Å². The van der Waals surface area contributed by atoms with Crippen molar-refractivity contribution in [2.24, 2.45) is 5.92 Å². The Labute approximate surface area is 94.5 Å². The van der Waals surface area contributed by atoms with Crippen molar-refractivity contribution in [1.82, 2.24) is 15.2 Å². The van der Waals surface area contributed by atoms with E-state index < -0.39 is 0 Å². The third kappa shape index (κ3) is 3.30. The number of anilines is 1. The third-order valence-electron chi connectivity index (χ3n) is 2.83. The number of halogens is 1. The summed E-state index contributed by atoms with van der Waals surface area (Å²) in [6.07, 6.45) is 8.34. The summed E-state index contributed by atoms with van der Waals surface area (Å²) < 4.78 is 0. The normalized spacial score (nSPS) is 17.7. The molecule has 1 aromatic heterocycles. The van der Waals surface area contributed by atoms with Gasteiger partial charge in [-0.2, -0.15) is 10.1 Å². The van der Waals surface area contributed by atoms with Crippen LogP contribution in [0, 0.1) is 5.92 Å². The van der Waals surface area contributed by atoms with Crippen LogP contribution in [0.3, 0.4) is 0 Å². The van der Waals surface area contributed by atoms with Crippen LogP contribution in [0.2, 0.25) is 5.28 Å². The average molecular weight is 227 g/mol. The minimum absolute atomic E-state index is 0.198. The minimum atomic E-state index is 0.198. The first-order valence-corrected chi connectivity index (χ1v) is 5.81.